The third kappa shape index (κ3) is 3.60. The van der Waals surface area contributed by atoms with Gasteiger partial charge in [0.1, 0.15) is 5.82 Å². The summed E-state index contributed by atoms with van der Waals surface area (Å²) >= 11 is 5.89. The number of benzene rings is 3. The van der Waals surface area contributed by atoms with Crippen LogP contribution in [0.15, 0.2) is 82.7 Å². The molecule has 1 heterocycles. The van der Waals surface area contributed by atoms with Crippen molar-refractivity contribution in [1.29, 1.82) is 0 Å². The van der Waals surface area contributed by atoms with E-state index in [1.54, 1.807) is 24.3 Å². The van der Waals surface area contributed by atoms with Crippen LogP contribution in [0.4, 0.5) is 4.39 Å². The first-order chi connectivity index (χ1) is 14.3. The van der Waals surface area contributed by atoms with Gasteiger partial charge in [-0.25, -0.2) is 12.8 Å². The van der Waals surface area contributed by atoms with Gasteiger partial charge in [0.15, 0.2) is 5.78 Å². The molecule has 0 fully saturated rings. The third-order valence-electron chi connectivity index (χ3n) is 4.73. The minimum atomic E-state index is -4.18. The average molecular weight is 440 g/mol. The Labute approximate surface area is 177 Å². The maximum Gasteiger partial charge on any atom is 0.208 e. The Bertz CT molecular complexity index is 1380. The van der Waals surface area contributed by atoms with E-state index in [9.17, 15) is 17.6 Å². The molecule has 0 aliphatic rings. The van der Waals surface area contributed by atoms with Crippen molar-refractivity contribution in [3.8, 4) is 0 Å². The lowest BCUT2D eigenvalue weighted by Crippen LogP contribution is -2.13. The van der Waals surface area contributed by atoms with Crippen LogP contribution >= 0.6 is 11.6 Å². The molecular weight excluding hydrogens is 425 g/mol. The zero-order chi connectivity index (χ0) is 21.5. The number of sulfone groups is 1. The van der Waals surface area contributed by atoms with E-state index in [-0.39, 0.29) is 26.3 Å². The van der Waals surface area contributed by atoms with E-state index in [1.165, 1.54) is 42.6 Å². The smallest absolute Gasteiger partial charge is 0.208 e. The molecule has 4 nitrogen and oxygen atoms in total. The molecule has 0 amide bonds. The van der Waals surface area contributed by atoms with E-state index in [1.807, 2.05) is 6.92 Å². The summed E-state index contributed by atoms with van der Waals surface area (Å²) in [6.45, 7) is 1.88. The van der Waals surface area contributed by atoms with Crippen LogP contribution in [-0.2, 0) is 9.84 Å². The van der Waals surface area contributed by atoms with E-state index >= 15 is 0 Å². The second-order valence-corrected chi connectivity index (χ2v) is 9.14. The number of nitrogens with zero attached hydrogens (tertiary/aromatic N) is 1. The predicted molar refractivity (Wildman–Crippen MR) is 113 cm³/mol. The van der Waals surface area contributed by atoms with Crippen molar-refractivity contribution in [2.24, 2.45) is 0 Å². The Morgan fingerprint density at radius 2 is 1.63 bits per heavy atom. The molecule has 150 valence electrons. The number of pyridine rings is 1. The largest absolute Gasteiger partial charge is 0.289 e. The fraction of sp³-hybridized carbons (Fsp3) is 0.0435. The second-order valence-electron chi connectivity index (χ2n) is 6.81. The molecule has 0 bridgehead atoms. The predicted octanol–water partition coefficient (Wildman–Crippen LogP) is 5.40. The summed E-state index contributed by atoms with van der Waals surface area (Å²) in [7, 11) is -4.18. The van der Waals surface area contributed by atoms with Gasteiger partial charge in [0.2, 0.25) is 9.84 Å². The van der Waals surface area contributed by atoms with Crippen LogP contribution < -0.4 is 0 Å². The molecule has 4 aromatic rings. The summed E-state index contributed by atoms with van der Waals surface area (Å²) in [6.07, 6.45) is 1.23. The van der Waals surface area contributed by atoms with Gasteiger partial charge >= 0.3 is 0 Å². The molecule has 0 aliphatic carbocycles. The highest BCUT2D eigenvalue weighted by molar-refractivity contribution is 7.91. The highest BCUT2D eigenvalue weighted by Crippen LogP contribution is 2.33. The van der Waals surface area contributed by atoms with Crippen molar-refractivity contribution in [3.05, 3.63) is 100 Å². The van der Waals surface area contributed by atoms with Crippen molar-refractivity contribution in [2.45, 2.75) is 16.7 Å². The maximum absolute atomic E-state index is 14.0. The monoisotopic (exact) mass is 439 g/mol. The summed E-state index contributed by atoms with van der Waals surface area (Å²) in [5, 5.41) is 0.415. The fourth-order valence-corrected chi connectivity index (χ4v) is 4.93. The fourth-order valence-electron chi connectivity index (χ4n) is 3.18. The molecular formula is C23H15ClFNO3S. The van der Waals surface area contributed by atoms with Crippen LogP contribution in [0.2, 0.25) is 5.02 Å². The van der Waals surface area contributed by atoms with Gasteiger partial charge in [0.25, 0.3) is 0 Å². The minimum Gasteiger partial charge on any atom is -0.289 e. The Kier molecular flexibility index (Phi) is 5.13. The van der Waals surface area contributed by atoms with Gasteiger partial charge < -0.3 is 0 Å². The lowest BCUT2D eigenvalue weighted by molar-refractivity contribution is 0.103. The molecule has 0 saturated heterocycles. The molecule has 30 heavy (non-hydrogen) atoms. The highest BCUT2D eigenvalue weighted by atomic mass is 35.5. The number of carbonyl (C=O) groups excluding carboxylic acids is 1. The number of fused-ring (bicyclic) bond motifs is 1. The zero-order valence-electron chi connectivity index (χ0n) is 15.8. The van der Waals surface area contributed by atoms with Crippen LogP contribution in [0.5, 0.6) is 0 Å². The molecule has 0 spiro atoms. The lowest BCUT2D eigenvalue weighted by atomic mass is 10.0. The first kappa shape index (κ1) is 20.2. The normalized spacial score (nSPS) is 11.6. The van der Waals surface area contributed by atoms with E-state index in [0.717, 1.165) is 11.6 Å². The van der Waals surface area contributed by atoms with E-state index in [4.69, 9.17) is 11.6 Å². The molecule has 0 N–H and O–H groups in total. The molecule has 3 aromatic carbocycles. The topological polar surface area (TPSA) is 64.1 Å². The van der Waals surface area contributed by atoms with Crippen LogP contribution in [0.1, 0.15) is 21.5 Å². The summed E-state index contributed by atoms with van der Waals surface area (Å²) in [5.41, 5.74) is 1.42. The Hall–Kier alpha value is -3.09. The maximum atomic E-state index is 14.0. The highest BCUT2D eigenvalue weighted by Gasteiger charge is 2.28. The first-order valence-corrected chi connectivity index (χ1v) is 10.8. The quantitative estimate of drug-likeness (QED) is 0.399. The van der Waals surface area contributed by atoms with Gasteiger partial charge in [0.05, 0.1) is 20.9 Å². The first-order valence-electron chi connectivity index (χ1n) is 8.97. The van der Waals surface area contributed by atoms with Crippen molar-refractivity contribution in [1.82, 2.24) is 4.98 Å². The minimum absolute atomic E-state index is 0.0444. The standard InChI is InChI=1S/C23H15ClFNO3S/c1-14-2-4-15(5-3-14)22(27)20-13-26-21-11-8-17(25)12-19(21)23(20)30(28,29)18-9-6-16(24)7-10-18/h2-13H,1H3. The van der Waals surface area contributed by atoms with E-state index in [2.05, 4.69) is 4.98 Å². The Balaban J connectivity index is 2.03. The van der Waals surface area contributed by atoms with Gasteiger partial charge in [-0.1, -0.05) is 41.4 Å². The number of hydrogen-bond donors (Lipinski definition) is 0. The Morgan fingerprint density at radius 3 is 2.30 bits per heavy atom. The van der Waals surface area contributed by atoms with Crippen molar-refractivity contribution in [2.75, 3.05) is 0 Å². The van der Waals surface area contributed by atoms with Crippen molar-refractivity contribution in [3.63, 3.8) is 0 Å². The van der Waals surface area contributed by atoms with Crippen LogP contribution in [0, 0.1) is 12.7 Å². The molecule has 0 unspecified atom stereocenters. The molecule has 0 atom stereocenters. The Morgan fingerprint density at radius 1 is 0.967 bits per heavy atom. The van der Waals surface area contributed by atoms with E-state index in [0.29, 0.717) is 10.6 Å². The van der Waals surface area contributed by atoms with Gasteiger partial charge in [0, 0.05) is 22.2 Å². The molecule has 0 saturated carbocycles. The molecule has 4 rings (SSSR count). The summed E-state index contributed by atoms with van der Waals surface area (Å²) < 4.78 is 41.1. The summed E-state index contributed by atoms with van der Waals surface area (Å²) in [6, 6.07) is 16.0. The van der Waals surface area contributed by atoms with Gasteiger partial charge in [-0.3, -0.25) is 9.78 Å². The molecule has 7 heteroatoms. The number of aromatic nitrogens is 1. The van der Waals surface area contributed by atoms with Crippen LogP contribution in [-0.4, -0.2) is 19.2 Å². The molecule has 0 radical (unpaired) electrons. The SMILES string of the molecule is Cc1ccc(C(=O)c2cnc3ccc(F)cc3c2S(=O)(=O)c2ccc(Cl)cc2)cc1. The number of hydrogen-bond acceptors (Lipinski definition) is 4. The number of rotatable bonds is 4. The van der Waals surface area contributed by atoms with Crippen molar-refractivity contribution >= 4 is 38.1 Å². The van der Waals surface area contributed by atoms with Gasteiger partial charge in [-0.15, -0.1) is 0 Å². The molecule has 1 aromatic heterocycles. The zero-order valence-corrected chi connectivity index (χ0v) is 17.3. The number of aryl methyl sites for hydroxylation is 1. The van der Waals surface area contributed by atoms with Gasteiger partial charge in [-0.2, -0.15) is 0 Å². The number of ketones is 1. The number of carbonyl (C=O) groups is 1. The van der Waals surface area contributed by atoms with Crippen LogP contribution in [0.25, 0.3) is 10.9 Å². The summed E-state index contributed by atoms with van der Waals surface area (Å²) in [5.74, 6) is -1.14. The average Bonchev–Trinajstić information content (AvgIpc) is 2.73. The van der Waals surface area contributed by atoms with Crippen LogP contribution in [0.3, 0.4) is 0 Å². The van der Waals surface area contributed by atoms with Crippen molar-refractivity contribution < 1.29 is 17.6 Å². The summed E-state index contributed by atoms with van der Waals surface area (Å²) in [4.78, 5) is 17.1. The molecule has 0 aliphatic heterocycles. The second kappa shape index (κ2) is 7.63. The third-order valence-corrected chi connectivity index (χ3v) is 6.85. The number of halogens is 2. The van der Waals surface area contributed by atoms with Gasteiger partial charge in [-0.05, 0) is 49.4 Å². The lowest BCUT2D eigenvalue weighted by Gasteiger charge is -2.13. The van der Waals surface area contributed by atoms with E-state index < -0.39 is 21.4 Å².